The van der Waals surface area contributed by atoms with Gasteiger partial charge in [-0.15, -0.1) is 0 Å². The lowest BCUT2D eigenvalue weighted by molar-refractivity contribution is -0.112. The van der Waals surface area contributed by atoms with Crippen LogP contribution >= 0.6 is 7.92 Å². The van der Waals surface area contributed by atoms with Crippen molar-refractivity contribution in [2.45, 2.75) is 18.8 Å². The highest BCUT2D eigenvalue weighted by Crippen LogP contribution is 2.64. The number of allylic oxidation sites excluding steroid dienone is 2. The summed E-state index contributed by atoms with van der Waals surface area (Å²) in [5, 5.41) is 2.64. The van der Waals surface area contributed by atoms with Crippen LogP contribution in [-0.4, -0.2) is 11.9 Å². The molecule has 0 saturated carbocycles. The van der Waals surface area contributed by atoms with E-state index < -0.39 is 7.92 Å². The average molecular weight is 370 g/mol. The zero-order chi connectivity index (χ0) is 18.7. The summed E-state index contributed by atoms with van der Waals surface area (Å²) >= 11 is 0. The summed E-state index contributed by atoms with van der Waals surface area (Å²) in [6, 6.07) is 32.1. The van der Waals surface area contributed by atoms with Crippen LogP contribution in [0.25, 0.3) is 0 Å². The Morgan fingerprint density at radius 3 is 1.78 bits per heavy atom. The van der Waals surface area contributed by atoms with Gasteiger partial charge < -0.3 is 0 Å². The molecule has 0 aliphatic carbocycles. The molecule has 1 unspecified atom stereocenters. The molecule has 0 amide bonds. The molecule has 134 valence electrons. The van der Waals surface area contributed by atoms with Crippen LogP contribution in [0.1, 0.15) is 24.5 Å². The van der Waals surface area contributed by atoms with E-state index in [-0.39, 0.29) is 11.2 Å². The fourth-order valence-corrected chi connectivity index (χ4v) is 7.26. The second kappa shape index (κ2) is 7.62. The lowest BCUT2D eigenvalue weighted by Crippen LogP contribution is -2.27. The number of benzene rings is 3. The average Bonchev–Trinajstić information content (AvgIpc) is 3.09. The van der Waals surface area contributed by atoms with Crippen molar-refractivity contribution in [1.29, 1.82) is 0 Å². The molecule has 1 saturated heterocycles. The molecular weight excluding hydrogens is 347 g/mol. The molecule has 3 aromatic carbocycles. The largest absolute Gasteiger partial charge is 0.295 e. The maximum atomic E-state index is 12.3. The van der Waals surface area contributed by atoms with Gasteiger partial charge in [0.1, 0.15) is 0 Å². The van der Waals surface area contributed by atoms with Gasteiger partial charge in [0.05, 0.1) is 0 Å². The fourth-order valence-electron chi connectivity index (χ4n) is 4.22. The molecule has 1 atom stereocenters. The summed E-state index contributed by atoms with van der Waals surface area (Å²) in [5.41, 5.74) is 2.34. The maximum Gasteiger partial charge on any atom is 0.152 e. The van der Waals surface area contributed by atoms with Crippen LogP contribution in [0.4, 0.5) is 0 Å². The lowest BCUT2D eigenvalue weighted by atomic mass is 9.72. The minimum Gasteiger partial charge on any atom is -0.295 e. The van der Waals surface area contributed by atoms with Gasteiger partial charge in [0.25, 0.3) is 0 Å². The minimum absolute atomic E-state index is 0.131. The lowest BCUT2D eigenvalue weighted by Gasteiger charge is -2.34. The van der Waals surface area contributed by atoms with Crippen LogP contribution in [0.3, 0.4) is 0 Å². The third-order valence-electron chi connectivity index (χ3n) is 5.38. The predicted octanol–water partition coefficient (Wildman–Crippen LogP) is 5.66. The van der Waals surface area contributed by atoms with Crippen LogP contribution in [0.15, 0.2) is 102 Å². The van der Waals surface area contributed by atoms with E-state index in [2.05, 4.69) is 91.0 Å². The number of carbonyl (C=O) groups is 1. The molecule has 27 heavy (non-hydrogen) atoms. The molecule has 2 heteroatoms. The smallest absolute Gasteiger partial charge is 0.152 e. The summed E-state index contributed by atoms with van der Waals surface area (Å²) < 4.78 is 0. The summed E-state index contributed by atoms with van der Waals surface area (Å²) in [4.78, 5) is 12.3. The monoisotopic (exact) mass is 370 g/mol. The van der Waals surface area contributed by atoms with E-state index in [1.54, 1.807) is 6.92 Å². The van der Waals surface area contributed by atoms with Crippen molar-refractivity contribution < 1.29 is 4.79 Å². The molecule has 0 bridgehead atoms. The topological polar surface area (TPSA) is 17.1 Å². The van der Waals surface area contributed by atoms with Gasteiger partial charge in [-0.3, -0.25) is 4.79 Å². The quantitative estimate of drug-likeness (QED) is 0.428. The Bertz CT molecular complexity index is 906. The number of rotatable bonds is 4. The van der Waals surface area contributed by atoms with E-state index in [4.69, 9.17) is 0 Å². The van der Waals surface area contributed by atoms with E-state index >= 15 is 0 Å². The van der Waals surface area contributed by atoms with Gasteiger partial charge >= 0.3 is 0 Å². The van der Waals surface area contributed by atoms with Gasteiger partial charge in [-0.1, -0.05) is 91.0 Å². The van der Waals surface area contributed by atoms with Crippen molar-refractivity contribution in [3.05, 3.63) is 114 Å². The highest BCUT2D eigenvalue weighted by molar-refractivity contribution is 7.70. The predicted molar refractivity (Wildman–Crippen MR) is 115 cm³/mol. The van der Waals surface area contributed by atoms with E-state index in [1.807, 2.05) is 6.08 Å². The van der Waals surface area contributed by atoms with Crippen molar-refractivity contribution in [2.75, 3.05) is 6.16 Å². The number of carbonyl (C=O) groups excluding carboxylic acids is 1. The van der Waals surface area contributed by atoms with E-state index in [0.717, 1.165) is 12.6 Å². The number of hydrogen-bond donors (Lipinski definition) is 0. The maximum absolute atomic E-state index is 12.3. The van der Waals surface area contributed by atoms with Gasteiger partial charge in [0.15, 0.2) is 5.78 Å². The normalized spacial score (nSPS) is 19.9. The molecule has 1 aliphatic heterocycles. The molecule has 3 aromatic rings. The number of hydrogen-bond acceptors (Lipinski definition) is 1. The molecule has 4 rings (SSSR count). The molecule has 1 heterocycles. The molecule has 0 N–H and O–H groups in total. The van der Waals surface area contributed by atoms with E-state index in [9.17, 15) is 4.79 Å². The molecule has 1 aliphatic rings. The molecule has 0 spiro atoms. The first-order chi connectivity index (χ1) is 13.2. The summed E-state index contributed by atoms with van der Waals surface area (Å²) in [6.45, 7) is 1.67. The van der Waals surface area contributed by atoms with Gasteiger partial charge in [0.2, 0.25) is 0 Å². The minimum atomic E-state index is -0.531. The van der Waals surface area contributed by atoms with Crippen LogP contribution in [0, 0.1) is 0 Å². The molecule has 0 radical (unpaired) electrons. The van der Waals surface area contributed by atoms with Gasteiger partial charge in [-0.05, 0) is 55.2 Å². The van der Waals surface area contributed by atoms with E-state index in [0.29, 0.717) is 0 Å². The Labute approximate surface area is 162 Å². The molecular formula is C25H23OP. The third-order valence-corrected chi connectivity index (χ3v) is 8.06. The third kappa shape index (κ3) is 3.29. The SMILES string of the molecule is CC(=O)C=C1P(c2ccccc2)CCC1(c1ccccc1)c1ccccc1. The molecule has 0 aromatic heterocycles. The van der Waals surface area contributed by atoms with Crippen molar-refractivity contribution in [2.24, 2.45) is 0 Å². The second-order valence-electron chi connectivity index (χ2n) is 7.01. The Kier molecular flexibility index (Phi) is 5.05. The van der Waals surface area contributed by atoms with Gasteiger partial charge in [-0.2, -0.15) is 0 Å². The fraction of sp³-hybridized carbons (Fsp3) is 0.160. The van der Waals surface area contributed by atoms with Crippen LogP contribution in [-0.2, 0) is 10.2 Å². The summed E-state index contributed by atoms with van der Waals surface area (Å²) in [6.07, 6.45) is 4.05. The summed E-state index contributed by atoms with van der Waals surface area (Å²) in [5.74, 6) is 0.131. The van der Waals surface area contributed by atoms with Gasteiger partial charge in [-0.25, -0.2) is 0 Å². The van der Waals surface area contributed by atoms with Crippen LogP contribution in [0.5, 0.6) is 0 Å². The Balaban J connectivity index is 1.96. The highest BCUT2D eigenvalue weighted by atomic mass is 31.1. The Morgan fingerprint density at radius 2 is 1.30 bits per heavy atom. The van der Waals surface area contributed by atoms with Crippen LogP contribution in [0.2, 0.25) is 0 Å². The van der Waals surface area contributed by atoms with Gasteiger partial charge in [0, 0.05) is 5.41 Å². The number of ketones is 1. The van der Waals surface area contributed by atoms with Crippen LogP contribution < -0.4 is 5.30 Å². The van der Waals surface area contributed by atoms with Crippen molar-refractivity contribution in [3.8, 4) is 0 Å². The summed E-state index contributed by atoms with van der Waals surface area (Å²) in [7, 11) is -0.531. The van der Waals surface area contributed by atoms with Crippen molar-refractivity contribution >= 4 is 19.0 Å². The molecule has 1 fully saturated rings. The first-order valence-corrected chi connectivity index (χ1v) is 10.9. The zero-order valence-electron chi connectivity index (χ0n) is 15.5. The Morgan fingerprint density at radius 1 is 0.815 bits per heavy atom. The van der Waals surface area contributed by atoms with Crippen molar-refractivity contribution in [3.63, 3.8) is 0 Å². The van der Waals surface area contributed by atoms with Crippen molar-refractivity contribution in [1.82, 2.24) is 0 Å². The Hall–Kier alpha value is -2.50. The zero-order valence-corrected chi connectivity index (χ0v) is 16.4. The second-order valence-corrected chi connectivity index (χ2v) is 9.32. The first-order valence-electron chi connectivity index (χ1n) is 9.38. The highest BCUT2D eigenvalue weighted by Gasteiger charge is 2.46. The van der Waals surface area contributed by atoms with E-state index in [1.165, 1.54) is 21.7 Å². The standard InChI is InChI=1S/C25H23OP/c1-20(26)19-24-25(21-11-5-2-6-12-21,22-13-7-3-8-14-22)17-18-27(24)23-15-9-4-10-16-23/h2-16,19H,17-18H2,1H3. The first kappa shape index (κ1) is 17.9. The molecule has 1 nitrogen and oxygen atoms in total.